The van der Waals surface area contributed by atoms with Crippen molar-refractivity contribution in [1.29, 1.82) is 0 Å². The Kier molecular flexibility index (Phi) is 3.25. The number of rotatable bonds is 3. The molecule has 0 amide bonds. The van der Waals surface area contributed by atoms with Crippen LogP contribution in [0.2, 0.25) is 0 Å². The van der Waals surface area contributed by atoms with E-state index in [1.165, 1.54) is 4.88 Å². The number of fused-ring (bicyclic) bond motifs is 1. The molecular weight excluding hydrogens is 290 g/mol. The Morgan fingerprint density at radius 2 is 2.25 bits per heavy atom. The average Bonchev–Trinajstić information content (AvgIpc) is 3.07. The minimum absolute atomic E-state index is 0.108. The third-order valence-corrected chi connectivity index (χ3v) is 5.15. The van der Waals surface area contributed by atoms with E-state index in [0.29, 0.717) is 0 Å². The van der Waals surface area contributed by atoms with Gasteiger partial charge in [0.1, 0.15) is 10.5 Å². The molecule has 1 unspecified atom stereocenters. The van der Waals surface area contributed by atoms with Crippen LogP contribution in [0.3, 0.4) is 0 Å². The van der Waals surface area contributed by atoms with Gasteiger partial charge >= 0.3 is 0 Å². The molecule has 0 spiro atoms. The molecule has 1 N–H and O–H groups in total. The van der Waals surface area contributed by atoms with Crippen molar-refractivity contribution in [2.75, 3.05) is 0 Å². The van der Waals surface area contributed by atoms with Crippen LogP contribution in [0.15, 0.2) is 6.20 Å². The van der Waals surface area contributed by atoms with Crippen molar-refractivity contribution in [1.82, 2.24) is 24.3 Å². The van der Waals surface area contributed by atoms with Gasteiger partial charge in [-0.15, -0.1) is 11.3 Å². The molecule has 1 atom stereocenters. The Morgan fingerprint density at radius 1 is 1.50 bits per heavy atom. The van der Waals surface area contributed by atoms with Crippen LogP contribution in [0.25, 0.3) is 11.2 Å². The van der Waals surface area contributed by atoms with Crippen LogP contribution < -0.4 is 0 Å². The van der Waals surface area contributed by atoms with E-state index in [0.717, 1.165) is 33.1 Å². The lowest BCUT2D eigenvalue weighted by molar-refractivity contribution is 0.617. The first kappa shape index (κ1) is 13.5. The first-order valence-electron chi connectivity index (χ1n) is 6.61. The molecule has 0 aliphatic carbocycles. The maximum Gasteiger partial charge on any atom is 0.179 e. The van der Waals surface area contributed by atoms with E-state index in [1.807, 2.05) is 24.9 Å². The molecule has 0 saturated heterocycles. The van der Waals surface area contributed by atoms with Crippen molar-refractivity contribution in [2.24, 2.45) is 7.05 Å². The lowest BCUT2D eigenvalue weighted by Crippen LogP contribution is -2.09. The van der Waals surface area contributed by atoms with Crippen molar-refractivity contribution >= 4 is 34.7 Å². The van der Waals surface area contributed by atoms with Gasteiger partial charge in [-0.05, 0) is 32.5 Å². The first-order chi connectivity index (χ1) is 9.52. The molecule has 106 valence electrons. The summed E-state index contributed by atoms with van der Waals surface area (Å²) in [5.74, 6) is 0. The molecular formula is C13H17N5S2. The third kappa shape index (κ3) is 1.92. The highest BCUT2D eigenvalue weighted by atomic mass is 32.1. The van der Waals surface area contributed by atoms with Crippen LogP contribution in [-0.4, -0.2) is 24.3 Å². The Balaban J connectivity index is 2.18. The van der Waals surface area contributed by atoms with Crippen LogP contribution >= 0.6 is 23.6 Å². The first-order valence-corrected chi connectivity index (χ1v) is 7.83. The van der Waals surface area contributed by atoms with E-state index in [1.54, 1.807) is 11.3 Å². The molecule has 3 rings (SSSR count). The Labute approximate surface area is 126 Å². The molecule has 3 aromatic rings. The zero-order valence-corrected chi connectivity index (χ0v) is 13.6. The summed E-state index contributed by atoms with van der Waals surface area (Å²) in [4.78, 5) is 9.09. The number of hydrogen-bond donors (Lipinski definition) is 1. The summed E-state index contributed by atoms with van der Waals surface area (Å²) < 4.78 is 4.70. The molecule has 0 fully saturated rings. The molecule has 5 nitrogen and oxygen atoms in total. The predicted molar refractivity (Wildman–Crippen MR) is 83.9 cm³/mol. The minimum Gasteiger partial charge on any atom is -0.328 e. The average molecular weight is 307 g/mol. The number of nitrogens with zero attached hydrogens (tertiary/aromatic N) is 4. The van der Waals surface area contributed by atoms with Gasteiger partial charge in [-0.25, -0.2) is 4.98 Å². The van der Waals surface area contributed by atoms with Gasteiger partial charge in [-0.1, -0.05) is 6.92 Å². The van der Waals surface area contributed by atoms with Crippen molar-refractivity contribution in [2.45, 2.75) is 33.2 Å². The molecule has 0 aromatic carbocycles. The number of H-pyrrole nitrogens is 1. The van der Waals surface area contributed by atoms with Gasteiger partial charge in [0.25, 0.3) is 0 Å². The molecule has 0 radical (unpaired) electrons. The number of imidazole rings is 1. The summed E-state index contributed by atoms with van der Waals surface area (Å²) in [5.41, 5.74) is 3.00. The van der Waals surface area contributed by atoms with E-state index in [-0.39, 0.29) is 6.04 Å². The second kappa shape index (κ2) is 4.82. The topological polar surface area (TPSA) is 51.4 Å². The van der Waals surface area contributed by atoms with Gasteiger partial charge in [-0.2, -0.15) is 5.10 Å². The highest BCUT2D eigenvalue weighted by Crippen LogP contribution is 2.28. The van der Waals surface area contributed by atoms with Gasteiger partial charge in [-0.3, -0.25) is 9.25 Å². The van der Waals surface area contributed by atoms with Crippen molar-refractivity contribution in [3.8, 4) is 0 Å². The van der Waals surface area contributed by atoms with Crippen LogP contribution in [0, 0.1) is 11.7 Å². The molecule has 20 heavy (non-hydrogen) atoms. The zero-order chi connectivity index (χ0) is 14.4. The number of hydrogen-bond acceptors (Lipinski definition) is 4. The summed E-state index contributed by atoms with van der Waals surface area (Å²) in [7, 11) is 1.94. The Morgan fingerprint density at radius 3 is 2.90 bits per heavy atom. The number of thiazole rings is 1. The Bertz CT molecular complexity index is 820. The lowest BCUT2D eigenvalue weighted by atomic mass is 10.3. The lowest BCUT2D eigenvalue weighted by Gasteiger charge is -2.11. The fourth-order valence-electron chi connectivity index (χ4n) is 2.48. The number of aromatic nitrogens is 5. The van der Waals surface area contributed by atoms with E-state index in [2.05, 4.69) is 33.5 Å². The quantitative estimate of drug-likeness (QED) is 0.755. The van der Waals surface area contributed by atoms with E-state index >= 15 is 0 Å². The number of aryl methyl sites for hydroxylation is 3. The summed E-state index contributed by atoms with van der Waals surface area (Å²) >= 11 is 7.23. The highest BCUT2D eigenvalue weighted by Gasteiger charge is 2.20. The van der Waals surface area contributed by atoms with Gasteiger partial charge in [0.2, 0.25) is 0 Å². The van der Waals surface area contributed by atoms with Crippen LogP contribution in [0.4, 0.5) is 0 Å². The SMILES string of the molecule is CCc1cnc(C(C)n2c(=S)[nH]c3c(C)nn(C)c32)s1. The summed E-state index contributed by atoms with van der Waals surface area (Å²) in [6.07, 6.45) is 2.97. The number of aromatic amines is 1. The Hall–Kier alpha value is -1.47. The van der Waals surface area contributed by atoms with Crippen LogP contribution in [0.5, 0.6) is 0 Å². The summed E-state index contributed by atoms with van der Waals surface area (Å²) in [6, 6.07) is 0.108. The van der Waals surface area contributed by atoms with Crippen molar-refractivity contribution < 1.29 is 0 Å². The standard InChI is InChI=1S/C13H17N5S2/c1-5-9-6-14-11(20-9)8(3)18-12-10(15-13(18)19)7(2)16-17(12)4/h6,8H,5H2,1-4H3,(H,15,19). The van der Waals surface area contributed by atoms with Crippen LogP contribution in [-0.2, 0) is 13.5 Å². The van der Waals surface area contributed by atoms with E-state index < -0.39 is 0 Å². The monoisotopic (exact) mass is 307 g/mol. The van der Waals surface area contributed by atoms with Crippen LogP contribution in [0.1, 0.15) is 35.5 Å². The minimum atomic E-state index is 0.108. The fourth-order valence-corrected chi connectivity index (χ4v) is 3.73. The van der Waals surface area contributed by atoms with Gasteiger partial charge in [0.05, 0.1) is 11.7 Å². The molecule has 3 aromatic heterocycles. The predicted octanol–water partition coefficient (Wildman–Crippen LogP) is 3.37. The van der Waals surface area contributed by atoms with Gasteiger partial charge in [0.15, 0.2) is 10.4 Å². The normalized spacial score (nSPS) is 13.2. The largest absolute Gasteiger partial charge is 0.328 e. The zero-order valence-electron chi connectivity index (χ0n) is 12.0. The molecule has 0 bridgehead atoms. The van der Waals surface area contributed by atoms with Gasteiger partial charge in [0, 0.05) is 18.1 Å². The third-order valence-electron chi connectivity index (χ3n) is 3.54. The maximum absolute atomic E-state index is 5.48. The maximum atomic E-state index is 5.48. The highest BCUT2D eigenvalue weighted by molar-refractivity contribution is 7.71. The molecule has 3 heterocycles. The molecule has 0 aliphatic rings. The second-order valence-corrected chi connectivity index (χ2v) is 6.44. The molecule has 0 saturated carbocycles. The summed E-state index contributed by atoms with van der Waals surface area (Å²) in [5, 5.41) is 5.53. The smallest absolute Gasteiger partial charge is 0.179 e. The van der Waals surface area contributed by atoms with Crippen molar-refractivity contribution in [3.63, 3.8) is 0 Å². The van der Waals surface area contributed by atoms with Crippen molar-refractivity contribution in [3.05, 3.63) is 26.5 Å². The van der Waals surface area contributed by atoms with Gasteiger partial charge < -0.3 is 4.98 Å². The van der Waals surface area contributed by atoms with E-state index in [9.17, 15) is 0 Å². The number of nitrogens with one attached hydrogen (secondary N) is 1. The molecule has 0 aliphatic heterocycles. The second-order valence-electron chi connectivity index (χ2n) is 4.90. The van der Waals surface area contributed by atoms with E-state index in [4.69, 9.17) is 12.2 Å². The molecule has 7 heteroatoms. The fraction of sp³-hybridized carbons (Fsp3) is 0.462. The summed E-state index contributed by atoms with van der Waals surface area (Å²) in [6.45, 7) is 6.26.